The molecule has 0 radical (unpaired) electrons. The van der Waals surface area contributed by atoms with Gasteiger partial charge in [0.2, 0.25) is 0 Å². The Labute approximate surface area is 366 Å². The van der Waals surface area contributed by atoms with E-state index in [2.05, 4.69) is 211 Å². The van der Waals surface area contributed by atoms with E-state index < -0.39 is 6.17 Å². The first-order chi connectivity index (χ1) is 31.2. The number of fused-ring (bicyclic) bond motifs is 6. The van der Waals surface area contributed by atoms with Gasteiger partial charge in [0, 0.05) is 44.5 Å². The zero-order valence-corrected chi connectivity index (χ0v) is 34.9. The lowest BCUT2D eigenvalue weighted by Crippen LogP contribution is -2.35. The summed E-state index contributed by atoms with van der Waals surface area (Å²) in [6.45, 7) is 2.31. The van der Waals surface area contributed by atoms with Crippen molar-refractivity contribution in [2.45, 2.75) is 25.4 Å². The minimum Gasteiger partial charge on any atom is -0.324 e. The third kappa shape index (κ3) is 6.19. The molecule has 63 heavy (non-hydrogen) atoms. The molecule has 0 bridgehead atoms. The molecule has 10 aromatic rings. The van der Waals surface area contributed by atoms with Crippen molar-refractivity contribution in [3.63, 3.8) is 0 Å². The van der Waals surface area contributed by atoms with Gasteiger partial charge in [0.15, 0.2) is 6.17 Å². The Morgan fingerprint density at radius 3 is 1.71 bits per heavy atom. The summed E-state index contributed by atoms with van der Waals surface area (Å²) in [4.78, 5) is 15.9. The molecule has 2 unspecified atom stereocenters. The smallest absolute Gasteiger partial charge is 0.169 e. The first kappa shape index (κ1) is 36.9. The molecule has 0 saturated heterocycles. The maximum atomic E-state index is 5.48. The number of aromatic nitrogens is 1. The lowest BCUT2D eigenvalue weighted by Gasteiger charge is -2.32. The third-order valence-electron chi connectivity index (χ3n) is 13.1. The summed E-state index contributed by atoms with van der Waals surface area (Å²) >= 11 is 0. The monoisotopic (exact) mass is 809 g/mol. The highest BCUT2D eigenvalue weighted by Crippen LogP contribution is 2.49. The minimum absolute atomic E-state index is 0.0503. The molecule has 0 fully saturated rings. The highest BCUT2D eigenvalue weighted by molar-refractivity contribution is 6.26. The van der Waals surface area contributed by atoms with Crippen LogP contribution in [0.25, 0.3) is 54.9 Å². The number of hydrogen-bond acceptors (Lipinski definition) is 4. The van der Waals surface area contributed by atoms with Crippen molar-refractivity contribution >= 4 is 61.2 Å². The van der Waals surface area contributed by atoms with E-state index in [1.54, 1.807) is 0 Å². The average molecular weight is 810 g/mol. The number of rotatable bonds is 8. The molecule has 5 heteroatoms. The summed E-state index contributed by atoms with van der Waals surface area (Å²) < 4.78 is 2.49. The van der Waals surface area contributed by atoms with Gasteiger partial charge in [-0.1, -0.05) is 195 Å². The predicted molar refractivity (Wildman–Crippen MR) is 262 cm³/mol. The van der Waals surface area contributed by atoms with Crippen molar-refractivity contribution in [2.75, 3.05) is 0 Å². The molecule has 2 atom stereocenters. The number of benzene rings is 8. The molecule has 0 spiro atoms. The fraction of sp³-hybridized carbons (Fsp3) is 0.0862. The molecular weight excluding hydrogens is 767 g/mol. The van der Waals surface area contributed by atoms with E-state index in [0.29, 0.717) is 0 Å². The third-order valence-corrected chi connectivity index (χ3v) is 13.1. The number of nitrogens with zero attached hydrogens (tertiary/aromatic N) is 4. The van der Waals surface area contributed by atoms with E-state index in [0.717, 1.165) is 51.8 Å². The quantitative estimate of drug-likeness (QED) is 0.163. The molecule has 1 N–H and O–H groups in total. The number of hydrogen-bond donors (Lipinski definition) is 1. The Bertz CT molecular complexity index is 3380. The fourth-order valence-electron chi connectivity index (χ4n) is 10.1. The first-order valence-corrected chi connectivity index (χ1v) is 22.0. The van der Waals surface area contributed by atoms with Gasteiger partial charge < -0.3 is 9.72 Å². The molecule has 4 heterocycles. The van der Waals surface area contributed by atoms with E-state index in [1.807, 2.05) is 12.1 Å². The van der Waals surface area contributed by atoms with Crippen LogP contribution in [-0.2, 0) is 0 Å². The number of aliphatic imine (C=N–C) groups is 3. The summed E-state index contributed by atoms with van der Waals surface area (Å²) in [7, 11) is 0. The summed E-state index contributed by atoms with van der Waals surface area (Å²) in [5.74, 6) is 1.82. The van der Waals surface area contributed by atoms with Gasteiger partial charge in [0.25, 0.3) is 0 Å². The van der Waals surface area contributed by atoms with Gasteiger partial charge >= 0.3 is 0 Å². The van der Waals surface area contributed by atoms with Crippen LogP contribution >= 0.6 is 0 Å². The average Bonchev–Trinajstić information content (AvgIpc) is 3.89. The normalized spacial score (nSPS) is 16.8. The van der Waals surface area contributed by atoms with Crippen LogP contribution in [-0.4, -0.2) is 21.8 Å². The van der Waals surface area contributed by atoms with Crippen molar-refractivity contribution in [3.8, 4) is 11.1 Å². The Kier molecular flexibility index (Phi) is 8.92. The summed E-state index contributed by atoms with van der Waals surface area (Å²) in [6, 6.07) is 71.6. The van der Waals surface area contributed by atoms with Crippen LogP contribution in [0.5, 0.6) is 0 Å². The Hall–Kier alpha value is -7.89. The lowest BCUT2D eigenvalue weighted by atomic mass is 9.74. The number of amidine groups is 2. The molecule has 0 saturated carbocycles. The standard InChI is InChI=1S/C58H43N5/c1-2-43-48(36-49(37-18-7-3-8-19-37)59-54(43)39-20-9-4-10-21-39)45-34-35-51-53(47-28-17-27-46-44-26-15-16-29-50(44)63(51)55(46)47)52(45)38-30-32-42(33-31-38)58-61-56(40-22-11-5-12-23-40)60-57(62-58)41-24-13-6-14-25-41/h3-36,43,48,58H,2H2,1H3,(H,60,61,62). The highest BCUT2D eigenvalue weighted by Gasteiger charge is 2.34. The molecule has 8 aromatic carbocycles. The van der Waals surface area contributed by atoms with Gasteiger partial charge in [0.05, 0.1) is 28.0 Å². The molecule has 5 nitrogen and oxygen atoms in total. The Balaban J connectivity index is 1.08. The maximum absolute atomic E-state index is 5.48. The van der Waals surface area contributed by atoms with Gasteiger partial charge in [-0.15, -0.1) is 0 Å². The molecule has 2 aliphatic rings. The van der Waals surface area contributed by atoms with Crippen molar-refractivity contribution in [3.05, 3.63) is 240 Å². The van der Waals surface area contributed by atoms with Gasteiger partial charge in [-0.2, -0.15) is 0 Å². The second-order valence-electron chi connectivity index (χ2n) is 16.6. The lowest BCUT2D eigenvalue weighted by molar-refractivity contribution is 0.594. The summed E-state index contributed by atoms with van der Waals surface area (Å²) in [6.07, 6.45) is 2.96. The van der Waals surface area contributed by atoms with Gasteiger partial charge in [-0.25, -0.2) is 9.98 Å². The molecule has 300 valence electrons. The Morgan fingerprint density at radius 2 is 1.06 bits per heavy atom. The summed E-state index contributed by atoms with van der Waals surface area (Å²) in [5.41, 5.74) is 15.0. The van der Waals surface area contributed by atoms with E-state index in [1.165, 1.54) is 60.3 Å². The minimum atomic E-state index is -0.420. The Morgan fingerprint density at radius 1 is 0.492 bits per heavy atom. The van der Waals surface area contributed by atoms with Crippen molar-refractivity contribution in [1.29, 1.82) is 0 Å². The van der Waals surface area contributed by atoms with E-state index >= 15 is 0 Å². The SMILES string of the molecule is CCC1C(c2ccccc2)=NC(c2ccccc2)=CC1c1ccc2c(c1-c1ccc(C3N=C(c4ccccc4)NC(c4ccccc4)=N3)cc1)c1cccc3c4ccccc4n2c31. The zero-order valence-electron chi connectivity index (χ0n) is 34.9. The fourth-order valence-corrected chi connectivity index (χ4v) is 10.1. The maximum Gasteiger partial charge on any atom is 0.169 e. The van der Waals surface area contributed by atoms with Crippen LogP contribution in [0.1, 0.15) is 58.8 Å². The summed E-state index contributed by atoms with van der Waals surface area (Å²) in [5, 5.41) is 8.64. The van der Waals surface area contributed by atoms with Crippen LogP contribution in [0, 0.1) is 5.92 Å². The topological polar surface area (TPSA) is 53.5 Å². The van der Waals surface area contributed by atoms with Crippen LogP contribution < -0.4 is 5.32 Å². The predicted octanol–water partition coefficient (Wildman–Crippen LogP) is 13.7. The second kappa shape index (κ2) is 15.2. The van der Waals surface area contributed by atoms with Crippen LogP contribution in [0.4, 0.5) is 0 Å². The number of allylic oxidation sites excluding steroid dienone is 1. The molecule has 0 amide bonds. The number of nitrogens with one attached hydrogen (secondary N) is 1. The largest absolute Gasteiger partial charge is 0.324 e. The van der Waals surface area contributed by atoms with Crippen LogP contribution in [0.15, 0.2) is 221 Å². The highest BCUT2D eigenvalue weighted by atomic mass is 15.2. The van der Waals surface area contributed by atoms with E-state index in [9.17, 15) is 0 Å². The molecule has 2 aliphatic heterocycles. The van der Waals surface area contributed by atoms with Gasteiger partial charge in [0.1, 0.15) is 11.7 Å². The van der Waals surface area contributed by atoms with Crippen LogP contribution in [0.3, 0.4) is 0 Å². The van der Waals surface area contributed by atoms with E-state index in [-0.39, 0.29) is 11.8 Å². The van der Waals surface area contributed by atoms with Crippen molar-refractivity contribution < 1.29 is 0 Å². The van der Waals surface area contributed by atoms with Crippen molar-refractivity contribution in [1.82, 2.24) is 9.72 Å². The van der Waals surface area contributed by atoms with E-state index in [4.69, 9.17) is 15.0 Å². The first-order valence-electron chi connectivity index (χ1n) is 22.0. The van der Waals surface area contributed by atoms with Gasteiger partial charge in [-0.3, -0.25) is 4.99 Å². The molecule has 2 aromatic heterocycles. The molecular formula is C58H43N5. The zero-order chi connectivity index (χ0) is 41.9. The second-order valence-corrected chi connectivity index (χ2v) is 16.6. The van der Waals surface area contributed by atoms with Gasteiger partial charge in [-0.05, 0) is 58.0 Å². The molecule has 12 rings (SSSR count). The van der Waals surface area contributed by atoms with Crippen molar-refractivity contribution in [2.24, 2.45) is 20.9 Å². The number of para-hydroxylation sites is 2. The molecule has 0 aliphatic carbocycles. The van der Waals surface area contributed by atoms with Crippen LogP contribution in [0.2, 0.25) is 0 Å².